The number of ether oxygens (including phenoxy) is 2. The van der Waals surface area contributed by atoms with Gasteiger partial charge in [0.05, 0.1) is 6.54 Å². The quantitative estimate of drug-likeness (QED) is 0.183. The molecule has 3 N–H and O–H groups in total. The van der Waals surface area contributed by atoms with Crippen molar-refractivity contribution in [3.05, 3.63) is 65.7 Å². The van der Waals surface area contributed by atoms with E-state index in [1.54, 1.807) is 7.05 Å². The molecule has 9 heteroatoms. The van der Waals surface area contributed by atoms with Gasteiger partial charge < -0.3 is 25.4 Å². The summed E-state index contributed by atoms with van der Waals surface area (Å²) in [6.07, 6.45) is 1.78. The molecule has 0 radical (unpaired) electrons. The number of rotatable bonds is 9. The van der Waals surface area contributed by atoms with Crippen molar-refractivity contribution < 1.29 is 18.3 Å². The van der Waals surface area contributed by atoms with Crippen LogP contribution in [0.25, 0.3) is 0 Å². The van der Waals surface area contributed by atoms with Crippen molar-refractivity contribution >= 4 is 29.9 Å². The molecule has 1 unspecified atom stereocenters. The van der Waals surface area contributed by atoms with E-state index >= 15 is 0 Å². The summed E-state index contributed by atoms with van der Waals surface area (Å²) >= 11 is 0. The zero-order valence-corrected chi connectivity index (χ0v) is 21.4. The third kappa shape index (κ3) is 8.38. The lowest BCUT2D eigenvalue weighted by Crippen LogP contribution is -2.58. The van der Waals surface area contributed by atoms with Gasteiger partial charge in [0.15, 0.2) is 17.5 Å². The molecule has 0 saturated carbocycles. The van der Waals surface area contributed by atoms with Crippen LogP contribution in [0.15, 0.2) is 53.5 Å². The number of guanidine groups is 1. The summed E-state index contributed by atoms with van der Waals surface area (Å²) in [5.41, 5.74) is 1.12. The van der Waals surface area contributed by atoms with E-state index in [-0.39, 0.29) is 47.9 Å². The number of nitrogens with one attached hydrogen (secondary N) is 3. The van der Waals surface area contributed by atoms with Crippen LogP contribution in [0.2, 0.25) is 0 Å². The van der Waals surface area contributed by atoms with E-state index in [4.69, 9.17) is 9.47 Å². The van der Waals surface area contributed by atoms with Gasteiger partial charge in [0.1, 0.15) is 12.4 Å². The standard InChI is InChI=1S/C24H32F2N4O2.HI/c1-18(19-6-4-3-5-7-19)30-24(10-13-31-14-11-24)17-29-23(27-2)28-12-15-32-22-9-8-20(25)16-21(22)26;/h3-9,16,18,30H,10-15,17H2,1-2H3,(H2,27,28,29);1H. The number of aliphatic imine (C=N–C) groups is 1. The number of benzene rings is 2. The molecule has 6 nitrogen and oxygen atoms in total. The predicted octanol–water partition coefficient (Wildman–Crippen LogP) is 4.03. The van der Waals surface area contributed by atoms with Crippen LogP contribution in [0.1, 0.15) is 31.4 Å². The Morgan fingerprint density at radius 3 is 2.52 bits per heavy atom. The predicted molar refractivity (Wildman–Crippen MR) is 137 cm³/mol. The van der Waals surface area contributed by atoms with Crippen LogP contribution in [0.3, 0.4) is 0 Å². The monoisotopic (exact) mass is 574 g/mol. The Kier molecular flexibility index (Phi) is 11.3. The van der Waals surface area contributed by atoms with E-state index in [9.17, 15) is 8.78 Å². The third-order valence-corrected chi connectivity index (χ3v) is 5.64. The van der Waals surface area contributed by atoms with Gasteiger partial charge in [0.25, 0.3) is 0 Å². The molecule has 1 heterocycles. The highest BCUT2D eigenvalue weighted by Crippen LogP contribution is 2.25. The van der Waals surface area contributed by atoms with Gasteiger partial charge in [-0.2, -0.15) is 0 Å². The van der Waals surface area contributed by atoms with Crippen LogP contribution in [0.5, 0.6) is 5.75 Å². The Labute approximate surface area is 211 Å². The molecule has 2 aromatic carbocycles. The minimum absolute atomic E-state index is 0. The molecule has 182 valence electrons. The minimum Gasteiger partial charge on any atom is -0.489 e. The van der Waals surface area contributed by atoms with Gasteiger partial charge in [-0.3, -0.25) is 4.99 Å². The van der Waals surface area contributed by atoms with Gasteiger partial charge in [-0.25, -0.2) is 8.78 Å². The highest BCUT2D eigenvalue weighted by Gasteiger charge is 2.34. The van der Waals surface area contributed by atoms with Crippen LogP contribution in [0.4, 0.5) is 8.78 Å². The molecular weight excluding hydrogens is 541 g/mol. The largest absolute Gasteiger partial charge is 0.489 e. The average molecular weight is 574 g/mol. The molecule has 2 aromatic rings. The normalized spacial score (nSPS) is 16.4. The Morgan fingerprint density at radius 2 is 1.85 bits per heavy atom. The summed E-state index contributed by atoms with van der Waals surface area (Å²) in [7, 11) is 1.70. The fourth-order valence-corrected chi connectivity index (χ4v) is 3.81. The minimum atomic E-state index is -0.715. The summed E-state index contributed by atoms with van der Waals surface area (Å²) in [4.78, 5) is 4.27. The molecule has 0 bridgehead atoms. The molecule has 1 aliphatic heterocycles. The molecule has 1 atom stereocenters. The second kappa shape index (κ2) is 13.7. The molecule has 1 aliphatic rings. The number of halogens is 3. The Hall–Kier alpha value is -1.98. The molecule has 1 fully saturated rings. The molecule has 0 aliphatic carbocycles. The molecule has 0 aromatic heterocycles. The molecule has 0 spiro atoms. The molecule has 33 heavy (non-hydrogen) atoms. The summed E-state index contributed by atoms with van der Waals surface area (Å²) in [6.45, 7) is 4.90. The fraction of sp³-hybridized carbons (Fsp3) is 0.458. The number of hydrogen-bond acceptors (Lipinski definition) is 4. The first-order chi connectivity index (χ1) is 15.5. The second-order valence-corrected chi connectivity index (χ2v) is 7.95. The SMILES string of the molecule is CN=C(NCCOc1ccc(F)cc1F)NCC1(NC(C)c2ccccc2)CCOCC1.I. The summed E-state index contributed by atoms with van der Waals surface area (Å²) in [6, 6.07) is 13.8. The first kappa shape index (κ1) is 27.3. The van der Waals surface area contributed by atoms with Crippen molar-refractivity contribution in [3.63, 3.8) is 0 Å². The van der Waals surface area contributed by atoms with Crippen LogP contribution in [0, 0.1) is 11.6 Å². The summed E-state index contributed by atoms with van der Waals surface area (Å²) < 4.78 is 37.6. The van der Waals surface area contributed by atoms with Gasteiger partial charge in [-0.15, -0.1) is 24.0 Å². The van der Waals surface area contributed by atoms with Crippen LogP contribution in [-0.4, -0.2) is 51.5 Å². The summed E-state index contributed by atoms with van der Waals surface area (Å²) in [5, 5.41) is 10.4. The van der Waals surface area contributed by atoms with Gasteiger partial charge >= 0.3 is 0 Å². The van der Waals surface area contributed by atoms with E-state index in [1.165, 1.54) is 17.7 Å². The lowest BCUT2D eigenvalue weighted by atomic mass is 9.88. The Morgan fingerprint density at radius 1 is 1.12 bits per heavy atom. The lowest BCUT2D eigenvalue weighted by Gasteiger charge is -2.41. The van der Waals surface area contributed by atoms with E-state index in [2.05, 4.69) is 40.0 Å². The van der Waals surface area contributed by atoms with Crippen molar-refractivity contribution in [3.8, 4) is 5.75 Å². The van der Waals surface area contributed by atoms with Crippen LogP contribution < -0.4 is 20.7 Å². The topological polar surface area (TPSA) is 66.9 Å². The van der Waals surface area contributed by atoms with Crippen LogP contribution >= 0.6 is 24.0 Å². The average Bonchev–Trinajstić information content (AvgIpc) is 2.81. The van der Waals surface area contributed by atoms with Crippen molar-refractivity contribution in [1.82, 2.24) is 16.0 Å². The molecular formula is C24H33F2IN4O2. The van der Waals surface area contributed by atoms with E-state index < -0.39 is 11.6 Å². The highest BCUT2D eigenvalue weighted by molar-refractivity contribution is 14.0. The van der Waals surface area contributed by atoms with Gasteiger partial charge in [-0.05, 0) is 37.5 Å². The maximum Gasteiger partial charge on any atom is 0.191 e. The number of hydrogen-bond donors (Lipinski definition) is 3. The number of nitrogens with zero attached hydrogens (tertiary/aromatic N) is 1. The maximum absolute atomic E-state index is 13.7. The van der Waals surface area contributed by atoms with Crippen molar-refractivity contribution in [2.75, 3.05) is 40.0 Å². The fourth-order valence-electron chi connectivity index (χ4n) is 3.81. The van der Waals surface area contributed by atoms with E-state index in [1.807, 2.05) is 18.2 Å². The molecule has 0 amide bonds. The van der Waals surface area contributed by atoms with Crippen molar-refractivity contribution in [2.24, 2.45) is 4.99 Å². The van der Waals surface area contributed by atoms with E-state index in [0.29, 0.717) is 32.3 Å². The van der Waals surface area contributed by atoms with E-state index in [0.717, 1.165) is 18.9 Å². The van der Waals surface area contributed by atoms with Gasteiger partial charge in [0.2, 0.25) is 0 Å². The van der Waals surface area contributed by atoms with Crippen molar-refractivity contribution in [1.29, 1.82) is 0 Å². The van der Waals surface area contributed by atoms with Gasteiger partial charge in [0, 0.05) is 44.5 Å². The first-order valence-electron chi connectivity index (χ1n) is 10.9. The smallest absolute Gasteiger partial charge is 0.191 e. The molecule has 1 saturated heterocycles. The third-order valence-electron chi connectivity index (χ3n) is 5.64. The van der Waals surface area contributed by atoms with Crippen molar-refractivity contribution in [2.45, 2.75) is 31.3 Å². The highest BCUT2D eigenvalue weighted by atomic mass is 127. The van der Waals surface area contributed by atoms with Gasteiger partial charge in [-0.1, -0.05) is 30.3 Å². The summed E-state index contributed by atoms with van der Waals surface area (Å²) in [5.74, 6) is -0.688. The zero-order chi connectivity index (χ0) is 22.8. The molecule has 3 rings (SSSR count). The van der Waals surface area contributed by atoms with Crippen LogP contribution in [-0.2, 0) is 4.74 Å². The Balaban J connectivity index is 0.00000385. The first-order valence-corrected chi connectivity index (χ1v) is 10.9. The maximum atomic E-state index is 13.7. The second-order valence-electron chi connectivity index (χ2n) is 7.95. The Bertz CT molecular complexity index is 880. The lowest BCUT2D eigenvalue weighted by molar-refractivity contribution is 0.0355. The zero-order valence-electron chi connectivity index (χ0n) is 19.1.